The zero-order valence-corrected chi connectivity index (χ0v) is 21.6. The van der Waals surface area contributed by atoms with Crippen LogP contribution in [0.4, 0.5) is 0 Å². The number of aliphatic imine (C=N–C) groups is 1. The highest BCUT2D eigenvalue weighted by Crippen LogP contribution is 2.33. The van der Waals surface area contributed by atoms with Gasteiger partial charge < -0.3 is 14.4 Å². The third-order valence-corrected chi connectivity index (χ3v) is 7.37. The standard InChI is InChI=1S/C26H24ClN5O4S/c1-35-21-13-16(8-9-20(21)36-15-17-6-2-3-7-19(17)27)12-18-24(28)32-26(29-25(18)34)37-22(30-32)14-23(33)31-10-4-5-11-31/h2-3,6-9,12-13,28H,4-5,10-11,14-15H2,1H3. The summed E-state index contributed by atoms with van der Waals surface area (Å²) in [5.41, 5.74) is 1.57. The fourth-order valence-corrected chi connectivity index (χ4v) is 5.21. The van der Waals surface area contributed by atoms with E-state index in [0.29, 0.717) is 27.1 Å². The van der Waals surface area contributed by atoms with Crippen molar-refractivity contribution in [1.29, 1.82) is 5.41 Å². The smallest absolute Gasteiger partial charge is 0.283 e. The maximum absolute atomic E-state index is 12.8. The molecule has 9 nitrogen and oxygen atoms in total. The number of carbonyl (C=O) groups excluding carboxylic acids is 2. The van der Waals surface area contributed by atoms with E-state index in [1.54, 1.807) is 30.3 Å². The van der Waals surface area contributed by atoms with Crippen molar-refractivity contribution in [3.8, 4) is 11.5 Å². The van der Waals surface area contributed by atoms with E-state index in [-0.39, 0.29) is 35.5 Å². The number of carbonyl (C=O) groups is 2. The average Bonchev–Trinajstić information content (AvgIpc) is 3.57. The number of thioether (sulfide) groups is 1. The molecule has 0 unspecified atom stereocenters. The van der Waals surface area contributed by atoms with E-state index in [4.69, 9.17) is 26.5 Å². The Bertz CT molecular complexity index is 1370. The average molecular weight is 538 g/mol. The number of likely N-dealkylation sites (tertiary alicyclic amines) is 1. The Morgan fingerprint density at radius 1 is 1.19 bits per heavy atom. The van der Waals surface area contributed by atoms with Crippen LogP contribution in [0, 0.1) is 5.41 Å². The van der Waals surface area contributed by atoms with Gasteiger partial charge in [0.2, 0.25) is 11.1 Å². The number of methoxy groups -OCH3 is 1. The van der Waals surface area contributed by atoms with Crippen LogP contribution in [0.3, 0.4) is 0 Å². The van der Waals surface area contributed by atoms with Gasteiger partial charge >= 0.3 is 0 Å². The lowest BCUT2D eigenvalue weighted by Gasteiger charge is -2.20. The molecule has 0 aromatic heterocycles. The zero-order valence-electron chi connectivity index (χ0n) is 20.1. The summed E-state index contributed by atoms with van der Waals surface area (Å²) in [5, 5.41) is 15.7. The van der Waals surface area contributed by atoms with Gasteiger partial charge in [-0.15, -0.1) is 0 Å². The molecule has 11 heteroatoms. The number of hydrogen-bond donors (Lipinski definition) is 1. The van der Waals surface area contributed by atoms with E-state index >= 15 is 0 Å². The van der Waals surface area contributed by atoms with Crippen LogP contribution < -0.4 is 9.47 Å². The first kappa shape index (κ1) is 25.0. The molecule has 1 fully saturated rings. The summed E-state index contributed by atoms with van der Waals surface area (Å²) >= 11 is 7.37. The fraction of sp³-hybridized carbons (Fsp3) is 0.269. The number of halogens is 1. The molecule has 0 spiro atoms. The molecule has 3 aliphatic rings. The highest BCUT2D eigenvalue weighted by atomic mass is 35.5. The summed E-state index contributed by atoms with van der Waals surface area (Å²) in [6, 6.07) is 12.6. The minimum Gasteiger partial charge on any atom is -0.493 e. The van der Waals surface area contributed by atoms with E-state index in [0.717, 1.165) is 43.3 Å². The second-order valence-electron chi connectivity index (χ2n) is 8.57. The summed E-state index contributed by atoms with van der Waals surface area (Å²) < 4.78 is 11.4. The fourth-order valence-electron chi connectivity index (χ4n) is 4.14. The van der Waals surface area contributed by atoms with Crippen molar-refractivity contribution in [2.75, 3.05) is 20.2 Å². The molecule has 190 valence electrons. The molecule has 1 N–H and O–H groups in total. The lowest BCUT2D eigenvalue weighted by atomic mass is 10.1. The second-order valence-corrected chi connectivity index (χ2v) is 10.0. The van der Waals surface area contributed by atoms with Crippen LogP contribution in [0.1, 0.15) is 30.4 Å². The largest absolute Gasteiger partial charge is 0.493 e. The van der Waals surface area contributed by atoms with Crippen LogP contribution in [-0.2, 0) is 16.2 Å². The van der Waals surface area contributed by atoms with Gasteiger partial charge in [0.25, 0.3) is 5.91 Å². The molecule has 0 atom stereocenters. The van der Waals surface area contributed by atoms with Crippen LogP contribution in [0.25, 0.3) is 6.08 Å². The normalized spacial score (nSPS) is 18.2. The summed E-state index contributed by atoms with van der Waals surface area (Å²) in [6.07, 6.45) is 3.72. The number of nitrogens with zero attached hydrogens (tertiary/aromatic N) is 4. The summed E-state index contributed by atoms with van der Waals surface area (Å²) in [7, 11) is 1.53. The van der Waals surface area contributed by atoms with Crippen LogP contribution in [0.5, 0.6) is 11.5 Å². The molecule has 3 aliphatic heterocycles. The molecule has 0 radical (unpaired) electrons. The minimum absolute atomic E-state index is 0.00163. The molecule has 37 heavy (non-hydrogen) atoms. The van der Waals surface area contributed by atoms with Crippen molar-refractivity contribution < 1.29 is 19.1 Å². The number of nitrogens with one attached hydrogen (secondary N) is 1. The monoisotopic (exact) mass is 537 g/mol. The van der Waals surface area contributed by atoms with Gasteiger partial charge in [0.1, 0.15) is 11.7 Å². The van der Waals surface area contributed by atoms with Crippen molar-refractivity contribution in [2.24, 2.45) is 10.1 Å². The number of hydrazone groups is 1. The zero-order chi connectivity index (χ0) is 25.9. The Kier molecular flexibility index (Phi) is 7.29. The van der Waals surface area contributed by atoms with E-state index in [2.05, 4.69) is 10.1 Å². The van der Waals surface area contributed by atoms with Gasteiger partial charge in [-0.25, -0.2) is 0 Å². The number of rotatable bonds is 7. The van der Waals surface area contributed by atoms with Crippen molar-refractivity contribution in [3.63, 3.8) is 0 Å². The Morgan fingerprint density at radius 2 is 1.97 bits per heavy atom. The number of amidine groups is 2. The van der Waals surface area contributed by atoms with Gasteiger partial charge in [-0.3, -0.25) is 15.0 Å². The van der Waals surface area contributed by atoms with Gasteiger partial charge in [0.05, 0.1) is 19.1 Å². The first-order chi connectivity index (χ1) is 17.9. The Morgan fingerprint density at radius 3 is 2.73 bits per heavy atom. The number of amides is 2. The molecule has 2 aromatic rings. The first-order valence-electron chi connectivity index (χ1n) is 11.7. The molecule has 0 bridgehead atoms. The van der Waals surface area contributed by atoms with Crippen LogP contribution in [0.15, 0.2) is 58.1 Å². The maximum Gasteiger partial charge on any atom is 0.283 e. The van der Waals surface area contributed by atoms with Gasteiger partial charge in [-0.1, -0.05) is 35.9 Å². The molecule has 0 saturated carbocycles. The van der Waals surface area contributed by atoms with Crippen LogP contribution >= 0.6 is 23.4 Å². The topological polar surface area (TPSA) is 108 Å². The van der Waals surface area contributed by atoms with Crippen LogP contribution in [0.2, 0.25) is 5.02 Å². The van der Waals surface area contributed by atoms with Gasteiger partial charge in [-0.05, 0) is 54.4 Å². The molecule has 1 saturated heterocycles. The predicted molar refractivity (Wildman–Crippen MR) is 144 cm³/mol. The third kappa shape index (κ3) is 5.40. The SMILES string of the molecule is COc1cc(C=C2C(=N)N3N=C(CC(=O)N4CCCC4)SC3=NC2=O)ccc1OCc1ccccc1Cl. The first-order valence-corrected chi connectivity index (χ1v) is 12.9. The number of hydrogen-bond acceptors (Lipinski definition) is 7. The van der Waals surface area contributed by atoms with Crippen molar-refractivity contribution in [1.82, 2.24) is 9.91 Å². The van der Waals surface area contributed by atoms with E-state index in [1.165, 1.54) is 12.1 Å². The molecular weight excluding hydrogens is 514 g/mol. The second kappa shape index (κ2) is 10.8. The predicted octanol–water partition coefficient (Wildman–Crippen LogP) is 4.56. The van der Waals surface area contributed by atoms with E-state index in [9.17, 15) is 9.59 Å². The number of fused-ring (bicyclic) bond motifs is 1. The van der Waals surface area contributed by atoms with Crippen LogP contribution in [-0.4, -0.2) is 58.0 Å². The highest BCUT2D eigenvalue weighted by Gasteiger charge is 2.36. The molecule has 3 heterocycles. The van der Waals surface area contributed by atoms with Crippen molar-refractivity contribution in [3.05, 3.63) is 64.2 Å². The molecule has 2 aromatic carbocycles. The summed E-state index contributed by atoms with van der Waals surface area (Å²) in [6.45, 7) is 1.79. The van der Waals surface area contributed by atoms with Gasteiger partial charge in [0.15, 0.2) is 17.3 Å². The Hall–Kier alpha value is -3.63. The molecule has 5 rings (SSSR count). The number of ether oxygens (including phenoxy) is 2. The lowest BCUT2D eigenvalue weighted by molar-refractivity contribution is -0.128. The van der Waals surface area contributed by atoms with Crippen molar-refractivity contribution >= 4 is 57.3 Å². The molecule has 2 amide bonds. The van der Waals surface area contributed by atoms with E-state index < -0.39 is 5.91 Å². The molecule has 0 aliphatic carbocycles. The highest BCUT2D eigenvalue weighted by molar-refractivity contribution is 8.27. The number of benzene rings is 2. The molecular formula is C26H24ClN5O4S. The third-order valence-electron chi connectivity index (χ3n) is 6.10. The van der Waals surface area contributed by atoms with Gasteiger partial charge in [-0.2, -0.15) is 15.1 Å². The summed E-state index contributed by atoms with van der Waals surface area (Å²) in [4.78, 5) is 31.2. The van der Waals surface area contributed by atoms with Crippen molar-refractivity contribution in [2.45, 2.75) is 25.9 Å². The lowest BCUT2D eigenvalue weighted by Crippen LogP contribution is -2.35. The minimum atomic E-state index is -0.538. The summed E-state index contributed by atoms with van der Waals surface area (Å²) in [5.74, 6) is 0.357. The Labute approximate surface area is 223 Å². The van der Waals surface area contributed by atoms with Gasteiger partial charge in [0, 0.05) is 23.7 Å². The maximum atomic E-state index is 12.8. The Balaban J connectivity index is 1.31. The quantitative estimate of drug-likeness (QED) is 0.519. The van der Waals surface area contributed by atoms with E-state index in [1.807, 2.05) is 23.1 Å².